The van der Waals surface area contributed by atoms with Crippen LogP contribution in [0.5, 0.6) is 0 Å². The van der Waals surface area contributed by atoms with E-state index in [9.17, 15) is 18.3 Å². The molecule has 1 spiro atoms. The molecule has 2 saturated carbocycles. The minimum atomic E-state index is -5.08. The molecule has 2 heterocycles. The first-order chi connectivity index (χ1) is 10.6. The van der Waals surface area contributed by atoms with Gasteiger partial charge in [0.2, 0.25) is 0 Å². The SMILES string of the molecule is O=C(O)C(F)(F)F.OC1(c2ncn(C3CC4(CNC4)C3)n2)CC1. The third kappa shape index (κ3) is 3.18. The van der Waals surface area contributed by atoms with E-state index in [0.717, 1.165) is 25.9 Å². The lowest BCUT2D eigenvalue weighted by Gasteiger charge is -2.54. The normalized spacial score (nSPS) is 24.2. The van der Waals surface area contributed by atoms with Gasteiger partial charge in [0.1, 0.15) is 11.9 Å². The molecule has 1 aliphatic heterocycles. The summed E-state index contributed by atoms with van der Waals surface area (Å²) in [5.74, 6) is -2.13. The zero-order valence-electron chi connectivity index (χ0n) is 12.2. The summed E-state index contributed by atoms with van der Waals surface area (Å²) in [6.45, 7) is 2.32. The number of hydrogen-bond acceptors (Lipinski definition) is 5. The Bertz CT molecular complexity index is 600. The highest BCUT2D eigenvalue weighted by molar-refractivity contribution is 5.73. The molecule has 3 aliphatic rings. The van der Waals surface area contributed by atoms with Crippen LogP contribution in [0.1, 0.15) is 37.5 Å². The summed E-state index contributed by atoms with van der Waals surface area (Å²) in [5.41, 5.74) is -0.127. The van der Waals surface area contributed by atoms with E-state index in [2.05, 4.69) is 15.4 Å². The van der Waals surface area contributed by atoms with E-state index >= 15 is 0 Å². The van der Waals surface area contributed by atoms with Gasteiger partial charge in [-0.3, -0.25) is 0 Å². The lowest BCUT2D eigenvalue weighted by atomic mass is 9.62. The number of carboxylic acids is 1. The van der Waals surface area contributed by atoms with Gasteiger partial charge in [-0.05, 0) is 31.1 Å². The van der Waals surface area contributed by atoms with E-state index in [1.54, 1.807) is 6.33 Å². The molecule has 0 unspecified atom stereocenters. The number of nitrogens with one attached hydrogen (secondary N) is 1. The zero-order valence-corrected chi connectivity index (χ0v) is 12.2. The summed E-state index contributed by atoms with van der Waals surface area (Å²) >= 11 is 0. The lowest BCUT2D eigenvalue weighted by molar-refractivity contribution is -0.192. The Labute approximate surface area is 129 Å². The number of aromatic nitrogens is 3. The molecule has 0 atom stereocenters. The first kappa shape index (κ1) is 16.2. The number of rotatable bonds is 2. The first-order valence-electron chi connectivity index (χ1n) is 7.29. The highest BCUT2D eigenvalue weighted by Gasteiger charge is 2.50. The van der Waals surface area contributed by atoms with Crippen molar-refractivity contribution in [3.63, 3.8) is 0 Å². The van der Waals surface area contributed by atoms with E-state index in [0.29, 0.717) is 17.3 Å². The Hall–Kier alpha value is -1.68. The number of carboxylic acid groups (broad SMARTS) is 1. The number of aliphatic carboxylic acids is 1. The fourth-order valence-corrected chi connectivity index (χ4v) is 2.90. The molecule has 7 nitrogen and oxygen atoms in total. The summed E-state index contributed by atoms with van der Waals surface area (Å²) in [6, 6.07) is 0.505. The standard InChI is InChI=1S/C11H16N4O.C2HF3O2/c16-11(1-2-11)9-13-7-15(14-9)8-3-10(4-8)5-12-6-10;3-2(4,5)1(6)7/h7-8,12,16H,1-6H2;(H,6,7). The second kappa shape index (κ2) is 5.17. The van der Waals surface area contributed by atoms with E-state index < -0.39 is 17.7 Å². The quantitative estimate of drug-likeness (QED) is 0.740. The Balaban J connectivity index is 0.000000193. The summed E-state index contributed by atoms with van der Waals surface area (Å²) in [5, 5.41) is 24.8. The van der Waals surface area contributed by atoms with Crippen molar-refractivity contribution >= 4 is 5.97 Å². The van der Waals surface area contributed by atoms with E-state index in [-0.39, 0.29) is 0 Å². The van der Waals surface area contributed by atoms with E-state index in [1.165, 1.54) is 12.8 Å². The molecular formula is C13H17F3N4O3. The number of alkyl halides is 3. The van der Waals surface area contributed by atoms with Gasteiger partial charge in [0.05, 0.1) is 6.04 Å². The number of halogens is 3. The Morgan fingerprint density at radius 2 is 1.91 bits per heavy atom. The topological polar surface area (TPSA) is 100 Å². The molecule has 1 aromatic rings. The highest BCUT2D eigenvalue weighted by atomic mass is 19.4. The third-order valence-electron chi connectivity index (χ3n) is 4.60. The molecule has 1 saturated heterocycles. The van der Waals surface area contributed by atoms with Crippen LogP contribution in [0.3, 0.4) is 0 Å². The van der Waals surface area contributed by atoms with Crippen molar-refractivity contribution in [2.75, 3.05) is 13.1 Å². The van der Waals surface area contributed by atoms with Gasteiger partial charge in [-0.1, -0.05) is 0 Å². The van der Waals surface area contributed by atoms with Gasteiger partial charge in [-0.25, -0.2) is 14.5 Å². The predicted molar refractivity (Wildman–Crippen MR) is 70.4 cm³/mol. The van der Waals surface area contributed by atoms with Crippen molar-refractivity contribution in [3.8, 4) is 0 Å². The molecule has 0 radical (unpaired) electrons. The molecule has 0 bridgehead atoms. The second-order valence-corrected chi connectivity index (χ2v) is 6.55. The van der Waals surface area contributed by atoms with Gasteiger partial charge in [0, 0.05) is 13.1 Å². The Kier molecular flexibility index (Phi) is 3.64. The molecular weight excluding hydrogens is 317 g/mol. The van der Waals surface area contributed by atoms with Crippen LogP contribution >= 0.6 is 0 Å². The maximum atomic E-state index is 10.6. The van der Waals surface area contributed by atoms with Gasteiger partial charge in [0.15, 0.2) is 5.82 Å². The molecule has 3 N–H and O–H groups in total. The van der Waals surface area contributed by atoms with Gasteiger partial charge in [-0.2, -0.15) is 18.3 Å². The van der Waals surface area contributed by atoms with E-state index in [4.69, 9.17) is 9.90 Å². The first-order valence-corrected chi connectivity index (χ1v) is 7.29. The molecule has 4 rings (SSSR count). The van der Waals surface area contributed by atoms with Crippen LogP contribution in [0, 0.1) is 5.41 Å². The molecule has 1 aromatic heterocycles. The van der Waals surface area contributed by atoms with Crippen molar-refractivity contribution in [3.05, 3.63) is 12.2 Å². The molecule has 0 amide bonds. The highest BCUT2D eigenvalue weighted by Crippen LogP contribution is 2.51. The number of carbonyl (C=O) groups is 1. The van der Waals surface area contributed by atoms with Crippen molar-refractivity contribution < 1.29 is 28.2 Å². The van der Waals surface area contributed by atoms with Crippen LogP contribution in [-0.4, -0.2) is 50.2 Å². The fourth-order valence-electron chi connectivity index (χ4n) is 2.90. The Morgan fingerprint density at radius 3 is 2.30 bits per heavy atom. The van der Waals surface area contributed by atoms with Gasteiger partial charge in [-0.15, -0.1) is 0 Å². The zero-order chi connectivity index (χ0) is 16.9. The molecule has 128 valence electrons. The maximum absolute atomic E-state index is 10.6. The molecule has 0 aromatic carbocycles. The lowest BCUT2D eigenvalue weighted by Crippen LogP contribution is -2.60. The molecule has 23 heavy (non-hydrogen) atoms. The number of nitrogens with zero attached hydrogens (tertiary/aromatic N) is 3. The summed E-state index contributed by atoms with van der Waals surface area (Å²) in [4.78, 5) is 13.1. The number of hydrogen-bond donors (Lipinski definition) is 3. The van der Waals surface area contributed by atoms with Crippen LogP contribution in [0.25, 0.3) is 0 Å². The largest absolute Gasteiger partial charge is 0.490 e. The van der Waals surface area contributed by atoms with Crippen LogP contribution in [0.15, 0.2) is 6.33 Å². The minimum Gasteiger partial charge on any atom is -0.475 e. The van der Waals surface area contributed by atoms with E-state index in [1.807, 2.05) is 4.68 Å². The molecule has 3 fully saturated rings. The number of aliphatic hydroxyl groups is 1. The summed E-state index contributed by atoms with van der Waals surface area (Å²) < 4.78 is 33.7. The smallest absolute Gasteiger partial charge is 0.475 e. The molecule has 2 aliphatic carbocycles. The summed E-state index contributed by atoms with van der Waals surface area (Å²) in [7, 11) is 0. The van der Waals surface area contributed by atoms with Crippen LogP contribution in [-0.2, 0) is 10.4 Å². The van der Waals surface area contributed by atoms with Gasteiger partial charge < -0.3 is 15.5 Å². The van der Waals surface area contributed by atoms with Crippen LogP contribution < -0.4 is 5.32 Å². The summed E-state index contributed by atoms with van der Waals surface area (Å²) in [6.07, 6.45) is 0.753. The van der Waals surface area contributed by atoms with Crippen LogP contribution in [0.4, 0.5) is 13.2 Å². The van der Waals surface area contributed by atoms with Crippen LogP contribution in [0.2, 0.25) is 0 Å². The average molecular weight is 334 g/mol. The average Bonchev–Trinajstić information content (AvgIpc) is 2.91. The van der Waals surface area contributed by atoms with Crippen molar-refractivity contribution in [2.45, 2.75) is 43.5 Å². The van der Waals surface area contributed by atoms with Gasteiger partial charge in [0.25, 0.3) is 0 Å². The monoisotopic (exact) mass is 334 g/mol. The minimum absolute atomic E-state index is 0.505. The van der Waals surface area contributed by atoms with Gasteiger partial charge >= 0.3 is 12.1 Å². The predicted octanol–water partition coefficient (Wildman–Crippen LogP) is 0.817. The van der Waals surface area contributed by atoms with Crippen molar-refractivity contribution in [1.82, 2.24) is 20.1 Å². The maximum Gasteiger partial charge on any atom is 0.490 e. The Morgan fingerprint density at radius 1 is 1.35 bits per heavy atom. The fraction of sp³-hybridized carbons (Fsp3) is 0.769. The second-order valence-electron chi connectivity index (χ2n) is 6.55. The molecule has 10 heteroatoms. The van der Waals surface area contributed by atoms with Crippen molar-refractivity contribution in [1.29, 1.82) is 0 Å². The van der Waals surface area contributed by atoms with Crippen molar-refractivity contribution in [2.24, 2.45) is 5.41 Å². The third-order valence-corrected chi connectivity index (χ3v) is 4.60.